The summed E-state index contributed by atoms with van der Waals surface area (Å²) in [6.07, 6.45) is -3.03. The van der Waals surface area contributed by atoms with E-state index in [2.05, 4.69) is 15.3 Å². The summed E-state index contributed by atoms with van der Waals surface area (Å²) in [7, 11) is 0. The zero-order chi connectivity index (χ0) is 19.3. The highest BCUT2D eigenvalue weighted by Crippen LogP contribution is 2.35. The Hall–Kier alpha value is -3.09. The van der Waals surface area contributed by atoms with Gasteiger partial charge in [-0.05, 0) is 29.7 Å². The average molecular weight is 373 g/mol. The Labute approximate surface area is 155 Å². The molecule has 0 spiro atoms. The summed E-state index contributed by atoms with van der Waals surface area (Å²) in [4.78, 5) is 7.73. The third kappa shape index (κ3) is 4.97. The maximum Gasteiger partial charge on any atom is 0.423 e. The van der Waals surface area contributed by atoms with Crippen LogP contribution in [0.15, 0.2) is 60.8 Å². The monoisotopic (exact) mass is 373 g/mol. The van der Waals surface area contributed by atoms with Gasteiger partial charge in [0.25, 0.3) is 0 Å². The van der Waals surface area contributed by atoms with Crippen molar-refractivity contribution in [1.82, 2.24) is 9.97 Å². The number of hydrogen-bond donors (Lipinski definition) is 1. The molecule has 2 aromatic carbocycles. The number of halogens is 3. The molecule has 0 radical (unpaired) electrons. The lowest BCUT2D eigenvalue weighted by Crippen LogP contribution is -2.12. The van der Waals surface area contributed by atoms with Crippen molar-refractivity contribution >= 4 is 11.6 Å². The molecule has 4 nitrogen and oxygen atoms in total. The van der Waals surface area contributed by atoms with Gasteiger partial charge in [0.05, 0.1) is 0 Å². The molecule has 0 unspecified atom stereocenters. The van der Waals surface area contributed by atoms with Crippen LogP contribution in [0.1, 0.15) is 23.6 Å². The standard InChI is InChI=1S/C20H18F3N3O/c1-2-14-9-6-10-16(11-14)25-19-24-12-17(20(21,22)23)18(26-19)27-13-15-7-4-3-5-8-15/h3-12H,2,13H2,1H3,(H,24,25,26). The zero-order valence-corrected chi connectivity index (χ0v) is 14.6. The summed E-state index contributed by atoms with van der Waals surface area (Å²) in [5.74, 6) is -0.463. The number of aromatic nitrogens is 2. The lowest BCUT2D eigenvalue weighted by atomic mass is 10.1. The van der Waals surface area contributed by atoms with E-state index in [0.29, 0.717) is 5.69 Å². The third-order valence-corrected chi connectivity index (χ3v) is 3.87. The smallest absolute Gasteiger partial charge is 0.423 e. The van der Waals surface area contributed by atoms with Crippen LogP contribution in [0, 0.1) is 0 Å². The van der Waals surface area contributed by atoms with Gasteiger partial charge in [0, 0.05) is 11.9 Å². The van der Waals surface area contributed by atoms with Gasteiger partial charge in [0.1, 0.15) is 12.2 Å². The largest absolute Gasteiger partial charge is 0.472 e. The van der Waals surface area contributed by atoms with Crippen LogP contribution in [0.25, 0.3) is 0 Å². The molecular weight excluding hydrogens is 355 g/mol. The van der Waals surface area contributed by atoms with Crippen molar-refractivity contribution in [1.29, 1.82) is 0 Å². The number of alkyl halides is 3. The number of rotatable bonds is 6. The van der Waals surface area contributed by atoms with E-state index >= 15 is 0 Å². The maximum atomic E-state index is 13.3. The van der Waals surface area contributed by atoms with E-state index in [1.807, 2.05) is 31.2 Å². The topological polar surface area (TPSA) is 47.0 Å². The molecule has 1 heterocycles. The first-order chi connectivity index (χ1) is 13.0. The molecule has 1 aromatic heterocycles. The molecule has 27 heavy (non-hydrogen) atoms. The quantitative estimate of drug-likeness (QED) is 0.630. The SMILES string of the molecule is CCc1cccc(Nc2ncc(C(F)(F)F)c(OCc3ccccc3)n2)c1. The number of aryl methyl sites for hydroxylation is 1. The Morgan fingerprint density at radius 3 is 2.44 bits per heavy atom. The summed E-state index contributed by atoms with van der Waals surface area (Å²) in [6.45, 7) is 1.99. The van der Waals surface area contributed by atoms with Gasteiger partial charge >= 0.3 is 6.18 Å². The number of hydrogen-bond acceptors (Lipinski definition) is 4. The molecule has 1 N–H and O–H groups in total. The average Bonchev–Trinajstić information content (AvgIpc) is 2.66. The van der Waals surface area contributed by atoms with Crippen LogP contribution < -0.4 is 10.1 Å². The van der Waals surface area contributed by atoms with Gasteiger partial charge < -0.3 is 10.1 Å². The van der Waals surface area contributed by atoms with Gasteiger partial charge in [0.15, 0.2) is 0 Å². The number of benzene rings is 2. The van der Waals surface area contributed by atoms with E-state index in [0.717, 1.165) is 23.7 Å². The Balaban J connectivity index is 1.85. The predicted molar refractivity (Wildman–Crippen MR) is 96.9 cm³/mol. The van der Waals surface area contributed by atoms with Crippen LogP contribution in [-0.4, -0.2) is 9.97 Å². The first kappa shape index (κ1) is 18.7. The summed E-state index contributed by atoms with van der Waals surface area (Å²) < 4.78 is 45.1. The molecule has 0 aliphatic rings. The molecule has 140 valence electrons. The van der Waals surface area contributed by atoms with Gasteiger partial charge in [0.2, 0.25) is 11.8 Å². The van der Waals surface area contributed by atoms with E-state index in [1.54, 1.807) is 30.3 Å². The Bertz CT molecular complexity index is 898. The van der Waals surface area contributed by atoms with Crippen molar-refractivity contribution in [2.24, 2.45) is 0 Å². The van der Waals surface area contributed by atoms with Crippen LogP contribution in [0.3, 0.4) is 0 Å². The highest BCUT2D eigenvalue weighted by Gasteiger charge is 2.36. The van der Waals surface area contributed by atoms with Crippen molar-refractivity contribution < 1.29 is 17.9 Å². The van der Waals surface area contributed by atoms with Crippen LogP contribution in [0.2, 0.25) is 0 Å². The fourth-order valence-corrected chi connectivity index (χ4v) is 2.45. The van der Waals surface area contributed by atoms with E-state index < -0.39 is 17.6 Å². The maximum absolute atomic E-state index is 13.3. The van der Waals surface area contributed by atoms with E-state index in [9.17, 15) is 13.2 Å². The van der Waals surface area contributed by atoms with Crippen molar-refractivity contribution in [3.63, 3.8) is 0 Å². The fraction of sp³-hybridized carbons (Fsp3) is 0.200. The molecule has 0 aliphatic carbocycles. The van der Waals surface area contributed by atoms with Gasteiger partial charge in [-0.25, -0.2) is 4.98 Å². The van der Waals surface area contributed by atoms with Gasteiger partial charge in [-0.15, -0.1) is 0 Å². The number of ether oxygens (including phenoxy) is 1. The zero-order valence-electron chi connectivity index (χ0n) is 14.6. The number of anilines is 2. The van der Waals surface area contributed by atoms with Crippen LogP contribution in [-0.2, 0) is 19.2 Å². The van der Waals surface area contributed by atoms with Gasteiger partial charge in [-0.3, -0.25) is 0 Å². The number of nitrogens with one attached hydrogen (secondary N) is 1. The van der Waals surface area contributed by atoms with Crippen molar-refractivity contribution in [2.45, 2.75) is 26.1 Å². The fourth-order valence-electron chi connectivity index (χ4n) is 2.45. The molecular formula is C20H18F3N3O. The molecule has 0 aliphatic heterocycles. The Kier molecular flexibility index (Phi) is 5.59. The molecule has 0 amide bonds. The lowest BCUT2D eigenvalue weighted by molar-refractivity contribution is -0.139. The van der Waals surface area contributed by atoms with Gasteiger partial charge in [-0.2, -0.15) is 18.2 Å². The molecule has 3 rings (SSSR count). The summed E-state index contributed by atoms with van der Waals surface area (Å²) in [5.41, 5.74) is 1.52. The van der Waals surface area contributed by atoms with Crippen LogP contribution >= 0.6 is 0 Å². The molecule has 0 fully saturated rings. The van der Waals surface area contributed by atoms with Crippen LogP contribution in [0.5, 0.6) is 5.88 Å². The summed E-state index contributed by atoms with van der Waals surface area (Å²) in [6, 6.07) is 16.4. The van der Waals surface area contributed by atoms with E-state index in [1.165, 1.54) is 0 Å². The highest BCUT2D eigenvalue weighted by atomic mass is 19.4. The van der Waals surface area contributed by atoms with Gasteiger partial charge in [-0.1, -0.05) is 49.4 Å². The Morgan fingerprint density at radius 2 is 1.74 bits per heavy atom. The minimum atomic E-state index is -4.60. The van der Waals surface area contributed by atoms with Crippen molar-refractivity contribution in [3.8, 4) is 5.88 Å². The Morgan fingerprint density at radius 1 is 1.00 bits per heavy atom. The first-order valence-electron chi connectivity index (χ1n) is 8.42. The molecule has 3 aromatic rings. The molecule has 0 atom stereocenters. The normalized spacial score (nSPS) is 11.3. The van der Waals surface area contributed by atoms with E-state index in [4.69, 9.17) is 4.74 Å². The third-order valence-electron chi connectivity index (χ3n) is 3.87. The van der Waals surface area contributed by atoms with Crippen LogP contribution in [0.4, 0.5) is 24.8 Å². The molecule has 7 heteroatoms. The number of nitrogens with zero attached hydrogens (tertiary/aromatic N) is 2. The second-order valence-corrected chi connectivity index (χ2v) is 5.86. The van der Waals surface area contributed by atoms with Crippen molar-refractivity contribution in [3.05, 3.63) is 77.5 Å². The minimum Gasteiger partial charge on any atom is -0.472 e. The molecule has 0 saturated carbocycles. The van der Waals surface area contributed by atoms with Crippen molar-refractivity contribution in [2.75, 3.05) is 5.32 Å². The summed E-state index contributed by atoms with van der Waals surface area (Å²) in [5, 5.41) is 2.93. The molecule has 0 bridgehead atoms. The molecule has 0 saturated heterocycles. The predicted octanol–water partition coefficient (Wildman–Crippen LogP) is 5.38. The second-order valence-electron chi connectivity index (χ2n) is 5.86. The van der Waals surface area contributed by atoms with E-state index in [-0.39, 0.29) is 12.6 Å². The highest BCUT2D eigenvalue weighted by molar-refractivity contribution is 5.55. The summed E-state index contributed by atoms with van der Waals surface area (Å²) >= 11 is 0. The first-order valence-corrected chi connectivity index (χ1v) is 8.42. The lowest BCUT2D eigenvalue weighted by Gasteiger charge is -2.14. The minimum absolute atomic E-state index is 0.0221. The second kappa shape index (κ2) is 8.07.